The molecule has 7 heteroatoms. The van der Waals surface area contributed by atoms with E-state index in [2.05, 4.69) is 5.32 Å². The van der Waals surface area contributed by atoms with Crippen molar-refractivity contribution in [3.05, 3.63) is 24.3 Å². The fraction of sp³-hybridized carbons (Fsp3) is 0.462. The molecule has 1 aromatic carbocycles. The Morgan fingerprint density at radius 1 is 1.15 bits per heavy atom. The number of sulfonamides is 1. The first-order valence-corrected chi connectivity index (χ1v) is 8.01. The van der Waals surface area contributed by atoms with Gasteiger partial charge < -0.3 is 10.1 Å². The molecular formula is C13H20N2O4S. The first-order valence-electron chi connectivity index (χ1n) is 6.53. The number of hydrogen-bond acceptors (Lipinski definition) is 4. The van der Waals surface area contributed by atoms with Crippen molar-refractivity contribution >= 4 is 16.1 Å². The highest BCUT2D eigenvalue weighted by atomic mass is 32.2. The van der Waals surface area contributed by atoms with Gasteiger partial charge in [0.2, 0.25) is 0 Å². The first kappa shape index (κ1) is 16.3. The zero-order chi connectivity index (χ0) is 15.0. The van der Waals surface area contributed by atoms with Gasteiger partial charge in [-0.3, -0.25) is 0 Å². The average Bonchev–Trinajstić information content (AvgIpc) is 2.43. The molecule has 0 unspecified atom stereocenters. The van der Waals surface area contributed by atoms with E-state index in [-0.39, 0.29) is 4.90 Å². The van der Waals surface area contributed by atoms with E-state index in [9.17, 15) is 13.2 Å². The summed E-state index contributed by atoms with van der Waals surface area (Å²) >= 11 is 0. The highest BCUT2D eigenvalue weighted by Crippen LogP contribution is 2.15. The summed E-state index contributed by atoms with van der Waals surface area (Å²) in [4.78, 5) is 11.4. The van der Waals surface area contributed by atoms with Crippen LogP contribution in [0.25, 0.3) is 0 Å². The molecule has 0 saturated heterocycles. The molecule has 0 bridgehead atoms. The third-order valence-corrected chi connectivity index (χ3v) is 3.72. The third kappa shape index (κ3) is 5.08. The predicted molar refractivity (Wildman–Crippen MR) is 76.2 cm³/mol. The average molecular weight is 300 g/mol. The van der Waals surface area contributed by atoms with Gasteiger partial charge in [0.1, 0.15) is 5.75 Å². The van der Waals surface area contributed by atoms with Crippen LogP contribution in [0.3, 0.4) is 0 Å². The van der Waals surface area contributed by atoms with Crippen molar-refractivity contribution in [2.45, 2.75) is 31.6 Å². The Bertz CT molecular complexity index is 526. The van der Waals surface area contributed by atoms with Gasteiger partial charge in [0, 0.05) is 6.54 Å². The number of rotatable bonds is 7. The topological polar surface area (TPSA) is 84.5 Å². The van der Waals surface area contributed by atoms with Crippen molar-refractivity contribution in [2.24, 2.45) is 0 Å². The molecule has 0 aromatic heterocycles. The van der Waals surface area contributed by atoms with Crippen LogP contribution >= 0.6 is 0 Å². The lowest BCUT2D eigenvalue weighted by Crippen LogP contribution is -2.39. The normalized spacial score (nSPS) is 10.9. The Labute approximate surface area is 119 Å². The molecule has 6 nitrogen and oxygen atoms in total. The fourth-order valence-electron chi connectivity index (χ4n) is 1.39. The van der Waals surface area contributed by atoms with Crippen molar-refractivity contribution in [3.8, 4) is 5.75 Å². The molecule has 2 amide bonds. The van der Waals surface area contributed by atoms with E-state index in [1.54, 1.807) is 12.1 Å². The molecule has 20 heavy (non-hydrogen) atoms. The molecule has 0 fully saturated rings. The number of hydrogen-bond donors (Lipinski definition) is 2. The monoisotopic (exact) mass is 300 g/mol. The Morgan fingerprint density at radius 2 is 1.80 bits per heavy atom. The quantitative estimate of drug-likeness (QED) is 0.805. The molecule has 0 heterocycles. The lowest BCUT2D eigenvalue weighted by Gasteiger charge is -2.09. The molecule has 1 aromatic rings. The van der Waals surface area contributed by atoms with Gasteiger partial charge >= 0.3 is 6.03 Å². The zero-order valence-electron chi connectivity index (χ0n) is 11.7. The summed E-state index contributed by atoms with van der Waals surface area (Å²) in [6.45, 7) is 4.86. The summed E-state index contributed by atoms with van der Waals surface area (Å²) in [5.74, 6) is 0.598. The van der Waals surface area contributed by atoms with Crippen molar-refractivity contribution in [1.82, 2.24) is 10.0 Å². The molecule has 2 N–H and O–H groups in total. The van der Waals surface area contributed by atoms with Crippen molar-refractivity contribution in [3.63, 3.8) is 0 Å². The molecule has 1 rings (SSSR count). The number of ether oxygens (including phenoxy) is 1. The highest BCUT2D eigenvalue weighted by Gasteiger charge is 2.17. The van der Waals surface area contributed by atoms with Crippen molar-refractivity contribution < 1.29 is 17.9 Å². The van der Waals surface area contributed by atoms with E-state index in [0.29, 0.717) is 18.9 Å². The lowest BCUT2D eigenvalue weighted by molar-refractivity contribution is 0.246. The van der Waals surface area contributed by atoms with Crippen LogP contribution in [-0.2, 0) is 10.0 Å². The molecule has 0 aliphatic rings. The minimum atomic E-state index is -3.84. The first-order chi connectivity index (χ1) is 9.49. The molecule has 0 spiro atoms. The number of urea groups is 1. The van der Waals surface area contributed by atoms with Crippen LogP contribution in [0, 0.1) is 0 Å². The van der Waals surface area contributed by atoms with Crippen LogP contribution in [0.4, 0.5) is 4.79 Å². The fourth-order valence-corrected chi connectivity index (χ4v) is 2.32. The van der Waals surface area contributed by atoms with Gasteiger partial charge in [-0.15, -0.1) is 0 Å². The van der Waals surface area contributed by atoms with Crippen molar-refractivity contribution in [2.75, 3.05) is 13.2 Å². The van der Waals surface area contributed by atoms with Crippen LogP contribution < -0.4 is 14.8 Å². The minimum absolute atomic E-state index is 0.0213. The summed E-state index contributed by atoms with van der Waals surface area (Å²) in [7, 11) is -3.84. The van der Waals surface area contributed by atoms with Gasteiger partial charge in [0.15, 0.2) is 0 Å². The lowest BCUT2D eigenvalue weighted by atomic mass is 10.3. The zero-order valence-corrected chi connectivity index (χ0v) is 12.5. The molecule has 0 atom stereocenters. The van der Waals surface area contributed by atoms with Crippen LogP contribution in [0.1, 0.15) is 26.7 Å². The smallest absolute Gasteiger partial charge is 0.328 e. The Morgan fingerprint density at radius 3 is 2.35 bits per heavy atom. The summed E-state index contributed by atoms with van der Waals surface area (Å²) in [5.41, 5.74) is 0. The van der Waals surface area contributed by atoms with Gasteiger partial charge in [-0.2, -0.15) is 0 Å². The van der Waals surface area contributed by atoms with Crippen LogP contribution in [0.2, 0.25) is 0 Å². The van der Waals surface area contributed by atoms with Crippen molar-refractivity contribution in [1.29, 1.82) is 0 Å². The maximum atomic E-state index is 11.9. The SMILES string of the molecule is CCCNC(=O)NS(=O)(=O)c1ccc(OCCC)cc1. The van der Waals surface area contributed by atoms with Gasteiger partial charge in [-0.1, -0.05) is 13.8 Å². The minimum Gasteiger partial charge on any atom is -0.494 e. The number of benzene rings is 1. The maximum Gasteiger partial charge on any atom is 0.328 e. The van der Waals surface area contributed by atoms with E-state index in [0.717, 1.165) is 12.8 Å². The van der Waals surface area contributed by atoms with E-state index in [1.807, 2.05) is 18.6 Å². The Balaban J connectivity index is 2.70. The number of amides is 2. The highest BCUT2D eigenvalue weighted by molar-refractivity contribution is 7.90. The van der Waals surface area contributed by atoms with Gasteiger partial charge in [0.05, 0.1) is 11.5 Å². The van der Waals surface area contributed by atoms with Gasteiger partial charge in [-0.05, 0) is 37.1 Å². The molecule has 0 aliphatic carbocycles. The second kappa shape index (κ2) is 7.74. The van der Waals surface area contributed by atoms with E-state index in [4.69, 9.17) is 4.74 Å². The second-order valence-electron chi connectivity index (χ2n) is 4.18. The van der Waals surface area contributed by atoms with Crippen LogP contribution in [0.5, 0.6) is 5.75 Å². The molecule has 0 radical (unpaired) electrons. The summed E-state index contributed by atoms with van der Waals surface area (Å²) in [6.07, 6.45) is 1.61. The maximum absolute atomic E-state index is 11.9. The largest absolute Gasteiger partial charge is 0.494 e. The summed E-state index contributed by atoms with van der Waals surface area (Å²) < 4.78 is 31.2. The second-order valence-corrected chi connectivity index (χ2v) is 5.86. The van der Waals surface area contributed by atoms with Gasteiger partial charge in [-0.25, -0.2) is 17.9 Å². The molecular weight excluding hydrogens is 280 g/mol. The van der Waals surface area contributed by atoms with E-state index >= 15 is 0 Å². The molecule has 112 valence electrons. The summed E-state index contributed by atoms with van der Waals surface area (Å²) in [6, 6.07) is 5.21. The number of nitrogens with one attached hydrogen (secondary N) is 2. The molecule has 0 aliphatic heterocycles. The van der Waals surface area contributed by atoms with Crippen LogP contribution in [0.15, 0.2) is 29.2 Å². The number of carbonyl (C=O) groups is 1. The Hall–Kier alpha value is -1.76. The predicted octanol–water partition coefficient (Wildman–Crippen LogP) is 1.87. The standard InChI is InChI=1S/C13H20N2O4S/c1-3-9-14-13(16)15-20(17,18)12-7-5-11(6-8-12)19-10-4-2/h5-8H,3-4,9-10H2,1-2H3,(H2,14,15,16). The number of carbonyl (C=O) groups excluding carboxylic acids is 1. The van der Waals surface area contributed by atoms with Crippen LogP contribution in [-0.4, -0.2) is 27.6 Å². The third-order valence-electron chi connectivity index (χ3n) is 2.37. The van der Waals surface area contributed by atoms with Gasteiger partial charge in [0.25, 0.3) is 10.0 Å². The summed E-state index contributed by atoms with van der Waals surface area (Å²) in [5, 5.41) is 2.44. The Kier molecular flexibility index (Phi) is 6.30. The van der Waals surface area contributed by atoms with E-state index in [1.165, 1.54) is 12.1 Å². The molecule has 0 saturated carbocycles. The van der Waals surface area contributed by atoms with E-state index < -0.39 is 16.1 Å².